The fourth-order valence-corrected chi connectivity index (χ4v) is 3.27. The molecule has 0 amide bonds. The average molecular weight is 255 g/mol. The van der Waals surface area contributed by atoms with Crippen molar-refractivity contribution in [2.45, 2.75) is 78.4 Å². The summed E-state index contributed by atoms with van der Waals surface area (Å²) in [6.45, 7) is 8.83. The van der Waals surface area contributed by atoms with Crippen LogP contribution in [0.4, 0.5) is 0 Å². The van der Waals surface area contributed by atoms with Crippen LogP contribution in [-0.2, 0) is 9.53 Å². The maximum Gasteiger partial charge on any atom is 0.307 e. The fourth-order valence-electron chi connectivity index (χ4n) is 3.27. The maximum atomic E-state index is 11.8. The normalized spacial score (nSPS) is 28.7. The first-order valence-corrected chi connectivity index (χ1v) is 7.27. The second-order valence-corrected chi connectivity index (χ2v) is 6.78. The SMILES string of the molecule is CCCC(N)CC(=O)OC1CC(C)CC(C)(C)C1. The molecule has 0 aromatic heterocycles. The third-order valence-corrected chi connectivity index (χ3v) is 3.73. The Morgan fingerprint density at radius 3 is 2.67 bits per heavy atom. The molecule has 1 aliphatic carbocycles. The molecule has 1 aliphatic rings. The van der Waals surface area contributed by atoms with Gasteiger partial charge in [-0.3, -0.25) is 4.79 Å². The first kappa shape index (κ1) is 15.5. The molecule has 0 bridgehead atoms. The highest BCUT2D eigenvalue weighted by Gasteiger charge is 2.34. The van der Waals surface area contributed by atoms with E-state index in [9.17, 15) is 4.79 Å². The number of ether oxygens (including phenoxy) is 1. The van der Waals surface area contributed by atoms with Crippen molar-refractivity contribution in [2.75, 3.05) is 0 Å². The second-order valence-electron chi connectivity index (χ2n) is 6.78. The molecule has 3 unspecified atom stereocenters. The van der Waals surface area contributed by atoms with Crippen molar-refractivity contribution < 1.29 is 9.53 Å². The van der Waals surface area contributed by atoms with Crippen LogP contribution in [0.1, 0.15) is 66.2 Å². The van der Waals surface area contributed by atoms with Gasteiger partial charge in [-0.1, -0.05) is 34.1 Å². The Balaban J connectivity index is 2.39. The molecule has 1 saturated carbocycles. The minimum absolute atomic E-state index is 0.0449. The van der Waals surface area contributed by atoms with Gasteiger partial charge in [0.1, 0.15) is 6.10 Å². The molecule has 0 aromatic carbocycles. The highest BCUT2D eigenvalue weighted by atomic mass is 16.5. The Bertz CT molecular complexity index is 276. The van der Waals surface area contributed by atoms with Gasteiger partial charge in [-0.15, -0.1) is 0 Å². The molecular weight excluding hydrogens is 226 g/mol. The molecule has 106 valence electrons. The molecule has 0 spiro atoms. The van der Waals surface area contributed by atoms with Gasteiger partial charge in [0.2, 0.25) is 0 Å². The Hall–Kier alpha value is -0.570. The van der Waals surface area contributed by atoms with Crippen molar-refractivity contribution in [3.63, 3.8) is 0 Å². The predicted molar refractivity (Wildman–Crippen MR) is 74.2 cm³/mol. The van der Waals surface area contributed by atoms with Gasteiger partial charge in [-0.05, 0) is 37.0 Å². The largest absolute Gasteiger partial charge is 0.462 e. The zero-order valence-corrected chi connectivity index (χ0v) is 12.4. The highest BCUT2D eigenvalue weighted by molar-refractivity contribution is 5.70. The van der Waals surface area contributed by atoms with E-state index in [1.165, 1.54) is 6.42 Å². The number of esters is 1. The summed E-state index contributed by atoms with van der Waals surface area (Å²) in [7, 11) is 0. The molecule has 0 saturated heterocycles. The van der Waals surface area contributed by atoms with Gasteiger partial charge in [0.25, 0.3) is 0 Å². The molecular formula is C15H29NO2. The lowest BCUT2D eigenvalue weighted by Gasteiger charge is -2.38. The van der Waals surface area contributed by atoms with Crippen LogP contribution < -0.4 is 5.73 Å². The smallest absolute Gasteiger partial charge is 0.307 e. The summed E-state index contributed by atoms with van der Waals surface area (Å²) < 4.78 is 5.60. The average Bonchev–Trinajstić information content (AvgIpc) is 2.12. The predicted octanol–water partition coefficient (Wildman–Crippen LogP) is 3.26. The van der Waals surface area contributed by atoms with Crippen LogP contribution >= 0.6 is 0 Å². The van der Waals surface area contributed by atoms with Crippen molar-refractivity contribution in [2.24, 2.45) is 17.1 Å². The summed E-state index contributed by atoms with van der Waals surface area (Å²) in [5.74, 6) is 0.515. The summed E-state index contributed by atoms with van der Waals surface area (Å²) in [4.78, 5) is 11.8. The zero-order valence-electron chi connectivity index (χ0n) is 12.4. The number of carbonyl (C=O) groups excluding carboxylic acids is 1. The number of hydrogen-bond donors (Lipinski definition) is 1. The van der Waals surface area contributed by atoms with Crippen molar-refractivity contribution in [1.82, 2.24) is 0 Å². The van der Waals surface area contributed by atoms with Gasteiger partial charge >= 0.3 is 5.97 Å². The van der Waals surface area contributed by atoms with Crippen LogP contribution in [0.15, 0.2) is 0 Å². The zero-order chi connectivity index (χ0) is 13.8. The Kier molecular flexibility index (Phi) is 5.64. The fraction of sp³-hybridized carbons (Fsp3) is 0.933. The summed E-state index contributed by atoms with van der Waals surface area (Å²) in [6.07, 6.45) is 5.55. The van der Waals surface area contributed by atoms with Gasteiger partial charge in [0, 0.05) is 6.04 Å². The van der Waals surface area contributed by atoms with Crippen LogP contribution in [-0.4, -0.2) is 18.1 Å². The van der Waals surface area contributed by atoms with E-state index in [1.54, 1.807) is 0 Å². The summed E-state index contributed by atoms with van der Waals surface area (Å²) in [6, 6.07) is -0.0449. The second kappa shape index (κ2) is 6.55. The topological polar surface area (TPSA) is 52.3 Å². The number of nitrogens with two attached hydrogens (primary N) is 1. The van der Waals surface area contributed by atoms with E-state index in [0.29, 0.717) is 12.3 Å². The van der Waals surface area contributed by atoms with Gasteiger partial charge in [-0.2, -0.15) is 0 Å². The van der Waals surface area contributed by atoms with Crippen LogP contribution in [0.5, 0.6) is 0 Å². The molecule has 1 rings (SSSR count). The van der Waals surface area contributed by atoms with Crippen LogP contribution in [0, 0.1) is 11.3 Å². The molecule has 1 fully saturated rings. The minimum atomic E-state index is -0.120. The van der Waals surface area contributed by atoms with E-state index < -0.39 is 0 Å². The number of hydrogen-bond acceptors (Lipinski definition) is 3. The number of rotatable bonds is 5. The van der Waals surface area contributed by atoms with E-state index in [4.69, 9.17) is 10.5 Å². The molecule has 3 nitrogen and oxygen atoms in total. The monoisotopic (exact) mass is 255 g/mol. The molecule has 0 aliphatic heterocycles. The highest BCUT2D eigenvalue weighted by Crippen LogP contribution is 2.39. The Morgan fingerprint density at radius 1 is 1.44 bits per heavy atom. The Morgan fingerprint density at radius 2 is 2.11 bits per heavy atom. The first-order valence-electron chi connectivity index (χ1n) is 7.27. The first-order chi connectivity index (χ1) is 8.32. The standard InChI is InChI=1S/C15H29NO2/c1-5-6-12(16)8-14(17)18-13-7-11(2)9-15(3,4)10-13/h11-13H,5-10,16H2,1-4H3. The molecule has 3 heteroatoms. The van der Waals surface area contributed by atoms with E-state index in [1.807, 2.05) is 0 Å². The van der Waals surface area contributed by atoms with Gasteiger partial charge in [-0.25, -0.2) is 0 Å². The van der Waals surface area contributed by atoms with Crippen molar-refractivity contribution in [1.29, 1.82) is 0 Å². The van der Waals surface area contributed by atoms with Gasteiger partial charge in [0.05, 0.1) is 6.42 Å². The molecule has 2 N–H and O–H groups in total. The van der Waals surface area contributed by atoms with E-state index in [0.717, 1.165) is 25.7 Å². The third-order valence-electron chi connectivity index (χ3n) is 3.73. The van der Waals surface area contributed by atoms with Crippen LogP contribution in [0.25, 0.3) is 0 Å². The maximum absolute atomic E-state index is 11.8. The van der Waals surface area contributed by atoms with Crippen LogP contribution in [0.3, 0.4) is 0 Å². The molecule has 18 heavy (non-hydrogen) atoms. The molecule has 3 atom stereocenters. The van der Waals surface area contributed by atoms with Gasteiger partial charge < -0.3 is 10.5 Å². The lowest BCUT2D eigenvalue weighted by atomic mass is 9.71. The van der Waals surface area contributed by atoms with E-state index in [-0.39, 0.29) is 23.5 Å². The quantitative estimate of drug-likeness (QED) is 0.767. The summed E-state index contributed by atoms with van der Waals surface area (Å²) >= 11 is 0. The number of carbonyl (C=O) groups is 1. The lowest BCUT2D eigenvalue weighted by molar-refractivity contribution is -0.153. The summed E-state index contributed by atoms with van der Waals surface area (Å²) in [5, 5.41) is 0. The van der Waals surface area contributed by atoms with E-state index >= 15 is 0 Å². The molecule has 0 aromatic rings. The van der Waals surface area contributed by atoms with Crippen molar-refractivity contribution in [3.05, 3.63) is 0 Å². The van der Waals surface area contributed by atoms with Crippen molar-refractivity contribution in [3.8, 4) is 0 Å². The van der Waals surface area contributed by atoms with Crippen LogP contribution in [0.2, 0.25) is 0 Å². The third kappa shape index (κ3) is 5.38. The summed E-state index contributed by atoms with van der Waals surface area (Å²) in [5.41, 5.74) is 6.16. The van der Waals surface area contributed by atoms with Gasteiger partial charge in [0.15, 0.2) is 0 Å². The molecule has 0 heterocycles. The minimum Gasteiger partial charge on any atom is -0.462 e. The van der Waals surface area contributed by atoms with Crippen molar-refractivity contribution >= 4 is 5.97 Å². The molecule has 0 radical (unpaired) electrons. The Labute approximate surface area is 111 Å². The van der Waals surface area contributed by atoms with E-state index in [2.05, 4.69) is 27.7 Å². The lowest BCUT2D eigenvalue weighted by Crippen LogP contribution is -2.35.